The van der Waals surface area contributed by atoms with E-state index in [0.717, 1.165) is 16.9 Å². The second-order valence-electron chi connectivity index (χ2n) is 5.26. The normalized spacial score (nSPS) is 12.5. The molecule has 3 aromatic rings. The quantitative estimate of drug-likeness (QED) is 0.746. The average molecular weight is 298 g/mol. The highest BCUT2D eigenvalue weighted by Gasteiger charge is 2.11. The van der Waals surface area contributed by atoms with Crippen LogP contribution in [-0.2, 0) is 6.61 Å². The molecule has 1 atom stereocenters. The van der Waals surface area contributed by atoms with Gasteiger partial charge in [-0.1, -0.05) is 29.8 Å². The molecule has 0 spiro atoms. The van der Waals surface area contributed by atoms with E-state index in [4.69, 9.17) is 4.74 Å². The fourth-order valence-corrected chi connectivity index (χ4v) is 3.37. The van der Waals surface area contributed by atoms with Crippen LogP contribution in [0.25, 0.3) is 10.1 Å². The summed E-state index contributed by atoms with van der Waals surface area (Å²) in [4.78, 5) is 0. The van der Waals surface area contributed by atoms with Crippen LogP contribution in [0.15, 0.2) is 47.8 Å². The first kappa shape index (κ1) is 14.1. The van der Waals surface area contributed by atoms with Gasteiger partial charge in [-0.3, -0.25) is 0 Å². The highest BCUT2D eigenvalue weighted by Crippen LogP contribution is 2.30. The lowest BCUT2D eigenvalue weighted by Gasteiger charge is -2.14. The molecule has 1 N–H and O–H groups in total. The summed E-state index contributed by atoms with van der Waals surface area (Å²) in [5.74, 6) is 0.755. The highest BCUT2D eigenvalue weighted by molar-refractivity contribution is 7.17. The van der Waals surface area contributed by atoms with Crippen molar-refractivity contribution < 1.29 is 9.84 Å². The number of ether oxygens (including phenoxy) is 1. The van der Waals surface area contributed by atoms with Gasteiger partial charge in [0.05, 0.1) is 6.10 Å². The minimum absolute atomic E-state index is 0.521. The molecular formula is C18H18O2S. The van der Waals surface area contributed by atoms with Crippen molar-refractivity contribution >= 4 is 21.4 Å². The van der Waals surface area contributed by atoms with Crippen LogP contribution >= 0.6 is 11.3 Å². The predicted octanol–water partition coefficient (Wildman–Crippen LogP) is 4.84. The number of rotatable bonds is 4. The third-order valence-corrected chi connectivity index (χ3v) is 4.57. The zero-order valence-corrected chi connectivity index (χ0v) is 13.0. The Morgan fingerprint density at radius 3 is 2.81 bits per heavy atom. The predicted molar refractivity (Wildman–Crippen MR) is 88.0 cm³/mol. The zero-order valence-electron chi connectivity index (χ0n) is 12.2. The number of benzene rings is 2. The Morgan fingerprint density at radius 1 is 1.19 bits per heavy atom. The van der Waals surface area contributed by atoms with Crippen molar-refractivity contribution in [2.75, 3.05) is 0 Å². The van der Waals surface area contributed by atoms with Crippen LogP contribution in [0.1, 0.15) is 29.7 Å². The Morgan fingerprint density at radius 2 is 2.00 bits per heavy atom. The molecule has 0 bridgehead atoms. The summed E-state index contributed by atoms with van der Waals surface area (Å²) in [7, 11) is 0. The van der Waals surface area contributed by atoms with Gasteiger partial charge < -0.3 is 9.84 Å². The number of fused-ring (bicyclic) bond motifs is 1. The summed E-state index contributed by atoms with van der Waals surface area (Å²) >= 11 is 1.73. The van der Waals surface area contributed by atoms with Crippen molar-refractivity contribution in [3.63, 3.8) is 0 Å². The lowest BCUT2D eigenvalue weighted by molar-refractivity contribution is 0.190. The van der Waals surface area contributed by atoms with Crippen molar-refractivity contribution in [1.29, 1.82) is 0 Å². The van der Waals surface area contributed by atoms with Crippen LogP contribution in [0.2, 0.25) is 0 Å². The largest absolute Gasteiger partial charge is 0.488 e. The molecule has 2 nitrogen and oxygen atoms in total. The monoisotopic (exact) mass is 298 g/mol. The standard InChI is InChI=1S/C18H18O2S/c1-12-7-8-17(16(9-12)13(2)19)20-10-14-11-21-18-6-4-3-5-15(14)18/h3-9,11,13,19H,10H2,1-2H3. The van der Waals surface area contributed by atoms with Crippen molar-refractivity contribution in [3.8, 4) is 5.75 Å². The Balaban J connectivity index is 1.85. The topological polar surface area (TPSA) is 29.5 Å². The molecule has 0 fully saturated rings. The molecule has 0 aliphatic carbocycles. The summed E-state index contributed by atoms with van der Waals surface area (Å²) in [5.41, 5.74) is 3.15. The SMILES string of the molecule is Cc1ccc(OCc2csc3ccccc23)c(C(C)O)c1. The maximum absolute atomic E-state index is 9.88. The van der Waals surface area contributed by atoms with Crippen LogP contribution in [0.3, 0.4) is 0 Å². The van der Waals surface area contributed by atoms with Crippen molar-refractivity contribution in [2.24, 2.45) is 0 Å². The smallest absolute Gasteiger partial charge is 0.125 e. The number of thiophene rings is 1. The van der Waals surface area contributed by atoms with Crippen LogP contribution in [0, 0.1) is 6.92 Å². The minimum atomic E-state index is -0.529. The number of aliphatic hydroxyl groups excluding tert-OH is 1. The Kier molecular flexibility index (Phi) is 3.95. The summed E-state index contributed by atoms with van der Waals surface area (Å²) in [6.07, 6.45) is -0.529. The molecule has 0 amide bonds. The van der Waals surface area contributed by atoms with Gasteiger partial charge in [-0.15, -0.1) is 11.3 Å². The molecule has 3 heteroatoms. The van der Waals surface area contributed by atoms with Gasteiger partial charge in [0.1, 0.15) is 12.4 Å². The van der Waals surface area contributed by atoms with Crippen LogP contribution in [0.4, 0.5) is 0 Å². The summed E-state index contributed by atoms with van der Waals surface area (Å²) in [5, 5.41) is 13.3. The molecular weight excluding hydrogens is 280 g/mol. The third kappa shape index (κ3) is 2.94. The molecule has 1 heterocycles. The Hall–Kier alpha value is -1.84. The zero-order chi connectivity index (χ0) is 14.8. The van der Waals surface area contributed by atoms with Crippen molar-refractivity contribution in [2.45, 2.75) is 26.6 Å². The number of aliphatic hydroxyl groups is 1. The second-order valence-corrected chi connectivity index (χ2v) is 6.17. The maximum Gasteiger partial charge on any atom is 0.125 e. The molecule has 1 unspecified atom stereocenters. The molecule has 0 saturated carbocycles. The minimum Gasteiger partial charge on any atom is -0.488 e. The fraction of sp³-hybridized carbons (Fsp3) is 0.222. The van der Waals surface area contributed by atoms with E-state index in [2.05, 4.69) is 23.6 Å². The summed E-state index contributed by atoms with van der Waals surface area (Å²) in [6.45, 7) is 4.30. The van der Waals surface area contributed by atoms with E-state index in [9.17, 15) is 5.11 Å². The lowest BCUT2D eigenvalue weighted by atomic mass is 10.1. The molecule has 21 heavy (non-hydrogen) atoms. The fourth-order valence-electron chi connectivity index (χ4n) is 2.43. The first-order valence-electron chi connectivity index (χ1n) is 7.01. The number of hydrogen-bond acceptors (Lipinski definition) is 3. The van der Waals surface area contributed by atoms with E-state index in [1.807, 2.05) is 31.2 Å². The van der Waals surface area contributed by atoms with Crippen molar-refractivity contribution in [1.82, 2.24) is 0 Å². The van der Waals surface area contributed by atoms with E-state index < -0.39 is 6.10 Å². The first-order valence-corrected chi connectivity index (χ1v) is 7.89. The van der Waals surface area contributed by atoms with E-state index >= 15 is 0 Å². The number of aryl methyl sites for hydroxylation is 1. The molecule has 3 rings (SSSR count). The van der Waals surface area contributed by atoms with E-state index in [1.165, 1.54) is 15.6 Å². The number of hydrogen-bond donors (Lipinski definition) is 1. The lowest BCUT2D eigenvalue weighted by Crippen LogP contribution is -2.01. The summed E-state index contributed by atoms with van der Waals surface area (Å²) in [6, 6.07) is 14.3. The molecule has 2 aromatic carbocycles. The molecule has 1 aromatic heterocycles. The van der Waals surface area contributed by atoms with Gasteiger partial charge in [0.25, 0.3) is 0 Å². The second kappa shape index (κ2) is 5.88. The highest BCUT2D eigenvalue weighted by atomic mass is 32.1. The van der Waals surface area contributed by atoms with Gasteiger partial charge in [0.15, 0.2) is 0 Å². The van der Waals surface area contributed by atoms with E-state index in [0.29, 0.717) is 6.61 Å². The molecule has 0 radical (unpaired) electrons. The van der Waals surface area contributed by atoms with Gasteiger partial charge in [0.2, 0.25) is 0 Å². The van der Waals surface area contributed by atoms with E-state index in [1.54, 1.807) is 18.3 Å². The Bertz CT molecular complexity index is 759. The first-order chi connectivity index (χ1) is 10.1. The van der Waals surface area contributed by atoms with Gasteiger partial charge in [-0.25, -0.2) is 0 Å². The van der Waals surface area contributed by atoms with Gasteiger partial charge in [0, 0.05) is 15.8 Å². The van der Waals surface area contributed by atoms with Crippen LogP contribution < -0.4 is 4.74 Å². The van der Waals surface area contributed by atoms with Crippen LogP contribution in [-0.4, -0.2) is 5.11 Å². The molecule has 0 saturated heterocycles. The summed E-state index contributed by atoms with van der Waals surface area (Å²) < 4.78 is 7.23. The maximum atomic E-state index is 9.88. The van der Waals surface area contributed by atoms with Crippen LogP contribution in [0.5, 0.6) is 5.75 Å². The van der Waals surface area contributed by atoms with Crippen molar-refractivity contribution in [3.05, 3.63) is 64.5 Å². The van der Waals surface area contributed by atoms with E-state index in [-0.39, 0.29) is 0 Å². The van der Waals surface area contributed by atoms with Gasteiger partial charge in [-0.05, 0) is 42.8 Å². The average Bonchev–Trinajstić information content (AvgIpc) is 2.89. The molecule has 108 valence electrons. The van der Waals surface area contributed by atoms with Gasteiger partial charge >= 0.3 is 0 Å². The molecule has 0 aliphatic heterocycles. The third-order valence-electron chi connectivity index (χ3n) is 3.56. The van der Waals surface area contributed by atoms with Gasteiger partial charge in [-0.2, -0.15) is 0 Å². The molecule has 0 aliphatic rings. The Labute approximate surface area is 128 Å².